The summed E-state index contributed by atoms with van der Waals surface area (Å²) in [6.07, 6.45) is 0.914. The van der Waals surface area contributed by atoms with Crippen molar-refractivity contribution in [2.24, 2.45) is 5.73 Å². The summed E-state index contributed by atoms with van der Waals surface area (Å²) < 4.78 is 5.31. The van der Waals surface area contributed by atoms with Gasteiger partial charge in [0.25, 0.3) is 5.91 Å². The molecule has 4 N–H and O–H groups in total. The van der Waals surface area contributed by atoms with Crippen LogP contribution in [0.25, 0.3) is 0 Å². The zero-order valence-electron chi connectivity index (χ0n) is 11.5. The largest absolute Gasteiger partial charge is 0.482 e. The van der Waals surface area contributed by atoms with Crippen LogP contribution in [-0.4, -0.2) is 24.6 Å². The molecule has 0 saturated carbocycles. The van der Waals surface area contributed by atoms with Gasteiger partial charge in [0.15, 0.2) is 6.61 Å². The average molecular weight is 263 g/mol. The number of nitrogens with two attached hydrogens (primary N) is 1. The Morgan fingerprint density at radius 1 is 1.47 bits per heavy atom. The fourth-order valence-corrected chi connectivity index (χ4v) is 1.88. The highest BCUT2D eigenvalue weighted by molar-refractivity contribution is 5.95. The van der Waals surface area contributed by atoms with E-state index in [-0.39, 0.29) is 18.1 Å². The fraction of sp³-hybridized carbons (Fsp3) is 0.500. The molecule has 0 aromatic heterocycles. The molecule has 2 rings (SSSR count). The van der Waals surface area contributed by atoms with Gasteiger partial charge < -0.3 is 21.1 Å². The number of carbonyl (C=O) groups excluding carboxylic acids is 1. The molecule has 104 valence electrons. The third-order valence-electron chi connectivity index (χ3n) is 2.95. The zero-order valence-corrected chi connectivity index (χ0v) is 11.5. The van der Waals surface area contributed by atoms with Crippen LogP contribution in [0.1, 0.15) is 25.8 Å². The molecule has 5 heteroatoms. The van der Waals surface area contributed by atoms with E-state index in [0.717, 1.165) is 36.5 Å². The first kappa shape index (κ1) is 13.8. The molecule has 0 bridgehead atoms. The molecule has 0 fully saturated rings. The second-order valence-electron chi connectivity index (χ2n) is 5.58. The number of hydrogen-bond donors (Lipinski definition) is 3. The van der Waals surface area contributed by atoms with E-state index in [0.29, 0.717) is 0 Å². The van der Waals surface area contributed by atoms with Crippen molar-refractivity contribution in [1.82, 2.24) is 5.32 Å². The van der Waals surface area contributed by atoms with E-state index < -0.39 is 0 Å². The van der Waals surface area contributed by atoms with Crippen molar-refractivity contribution < 1.29 is 9.53 Å². The number of hydrogen-bond acceptors (Lipinski definition) is 4. The van der Waals surface area contributed by atoms with Crippen molar-refractivity contribution in [3.63, 3.8) is 0 Å². The quantitative estimate of drug-likeness (QED) is 0.698. The number of anilines is 1. The molecular formula is C14H21N3O2. The van der Waals surface area contributed by atoms with E-state index in [9.17, 15) is 4.79 Å². The molecule has 1 aromatic rings. The van der Waals surface area contributed by atoms with Crippen LogP contribution in [0.2, 0.25) is 0 Å². The molecule has 0 radical (unpaired) electrons. The van der Waals surface area contributed by atoms with Gasteiger partial charge in [0.05, 0.1) is 5.69 Å². The lowest BCUT2D eigenvalue weighted by Crippen LogP contribution is -2.35. The van der Waals surface area contributed by atoms with E-state index in [2.05, 4.69) is 10.6 Å². The Labute approximate surface area is 113 Å². The minimum atomic E-state index is -0.148. The summed E-state index contributed by atoms with van der Waals surface area (Å²) in [7, 11) is 0. The van der Waals surface area contributed by atoms with Gasteiger partial charge >= 0.3 is 0 Å². The van der Waals surface area contributed by atoms with E-state index in [1.807, 2.05) is 32.0 Å². The van der Waals surface area contributed by atoms with Crippen LogP contribution in [0, 0.1) is 0 Å². The molecule has 19 heavy (non-hydrogen) atoms. The number of fused-ring (bicyclic) bond motifs is 1. The smallest absolute Gasteiger partial charge is 0.262 e. The van der Waals surface area contributed by atoms with Gasteiger partial charge in [-0.3, -0.25) is 4.79 Å². The van der Waals surface area contributed by atoms with Gasteiger partial charge in [0.2, 0.25) is 0 Å². The molecule has 0 saturated heterocycles. The van der Waals surface area contributed by atoms with Gasteiger partial charge in [-0.15, -0.1) is 0 Å². The van der Waals surface area contributed by atoms with Gasteiger partial charge in [0.1, 0.15) is 5.75 Å². The second-order valence-corrected chi connectivity index (χ2v) is 5.58. The maximum Gasteiger partial charge on any atom is 0.262 e. The molecular weight excluding hydrogens is 242 g/mol. The zero-order chi connectivity index (χ0) is 13.9. The normalized spacial score (nSPS) is 14.6. The lowest BCUT2D eigenvalue weighted by molar-refractivity contribution is -0.118. The van der Waals surface area contributed by atoms with Gasteiger partial charge in [-0.1, -0.05) is 6.07 Å². The summed E-state index contributed by atoms with van der Waals surface area (Å²) in [6, 6.07) is 5.82. The molecule has 1 heterocycles. The van der Waals surface area contributed by atoms with Crippen LogP contribution in [0.3, 0.4) is 0 Å². The Kier molecular flexibility index (Phi) is 4.07. The molecule has 1 aromatic carbocycles. The molecule has 0 unspecified atom stereocenters. The number of carbonyl (C=O) groups is 1. The fourth-order valence-electron chi connectivity index (χ4n) is 1.88. The third-order valence-corrected chi connectivity index (χ3v) is 2.95. The van der Waals surface area contributed by atoms with Gasteiger partial charge in [-0.25, -0.2) is 0 Å². The highest BCUT2D eigenvalue weighted by Gasteiger charge is 2.15. The molecule has 5 nitrogen and oxygen atoms in total. The van der Waals surface area contributed by atoms with Crippen molar-refractivity contribution in [2.45, 2.75) is 32.4 Å². The molecule has 0 atom stereocenters. The molecule has 0 spiro atoms. The summed E-state index contributed by atoms with van der Waals surface area (Å²) in [4.78, 5) is 11.2. The number of nitrogens with one attached hydrogen (secondary N) is 2. The molecule has 0 aliphatic carbocycles. The lowest BCUT2D eigenvalue weighted by atomic mass is 10.0. The Balaban J connectivity index is 1.88. The minimum absolute atomic E-state index is 0.0934. The summed E-state index contributed by atoms with van der Waals surface area (Å²) in [5.74, 6) is 0.619. The Morgan fingerprint density at radius 3 is 3.00 bits per heavy atom. The maximum absolute atomic E-state index is 11.2. The standard InChI is InChI=1S/C14H21N3O2/c1-14(2,15)5-6-16-8-10-3-4-12-11(7-10)17-13(18)9-19-12/h3-4,7,16H,5-6,8-9,15H2,1-2H3,(H,17,18). The molecule has 1 aliphatic heterocycles. The lowest BCUT2D eigenvalue weighted by Gasteiger charge is -2.20. The van der Waals surface area contributed by atoms with E-state index in [1.54, 1.807) is 0 Å². The summed E-state index contributed by atoms with van der Waals surface area (Å²) in [5.41, 5.74) is 7.62. The first-order valence-corrected chi connectivity index (χ1v) is 6.49. The summed E-state index contributed by atoms with van der Waals surface area (Å²) >= 11 is 0. The third kappa shape index (κ3) is 4.22. The molecule has 1 aliphatic rings. The van der Waals surface area contributed by atoms with Gasteiger partial charge in [-0.2, -0.15) is 0 Å². The first-order valence-electron chi connectivity index (χ1n) is 6.49. The number of amides is 1. The predicted molar refractivity (Wildman–Crippen MR) is 75.2 cm³/mol. The predicted octanol–water partition coefficient (Wildman–Crippen LogP) is 1.23. The minimum Gasteiger partial charge on any atom is -0.482 e. The second kappa shape index (κ2) is 5.59. The van der Waals surface area contributed by atoms with Crippen LogP contribution in [-0.2, 0) is 11.3 Å². The van der Waals surface area contributed by atoms with Crippen molar-refractivity contribution >= 4 is 11.6 Å². The van der Waals surface area contributed by atoms with Crippen molar-refractivity contribution in [3.8, 4) is 5.75 Å². The number of rotatable bonds is 5. The van der Waals surface area contributed by atoms with Crippen LogP contribution in [0.4, 0.5) is 5.69 Å². The van der Waals surface area contributed by atoms with E-state index in [1.165, 1.54) is 0 Å². The van der Waals surface area contributed by atoms with Crippen LogP contribution in [0.5, 0.6) is 5.75 Å². The topological polar surface area (TPSA) is 76.4 Å². The maximum atomic E-state index is 11.2. The van der Waals surface area contributed by atoms with Crippen molar-refractivity contribution in [3.05, 3.63) is 23.8 Å². The first-order chi connectivity index (χ1) is 8.94. The number of benzene rings is 1. The number of ether oxygens (including phenoxy) is 1. The highest BCUT2D eigenvalue weighted by Crippen LogP contribution is 2.28. The summed E-state index contributed by atoms with van der Waals surface area (Å²) in [6.45, 7) is 5.74. The monoisotopic (exact) mass is 263 g/mol. The Bertz CT molecular complexity index is 466. The highest BCUT2D eigenvalue weighted by atomic mass is 16.5. The van der Waals surface area contributed by atoms with Crippen molar-refractivity contribution in [2.75, 3.05) is 18.5 Å². The Hall–Kier alpha value is -1.59. The van der Waals surface area contributed by atoms with Crippen LogP contribution < -0.4 is 21.1 Å². The van der Waals surface area contributed by atoms with Gasteiger partial charge in [0, 0.05) is 12.1 Å². The van der Waals surface area contributed by atoms with Crippen LogP contribution in [0.15, 0.2) is 18.2 Å². The van der Waals surface area contributed by atoms with Crippen LogP contribution >= 0.6 is 0 Å². The summed E-state index contributed by atoms with van der Waals surface area (Å²) in [5, 5.41) is 6.15. The Morgan fingerprint density at radius 2 is 2.26 bits per heavy atom. The average Bonchev–Trinajstić information content (AvgIpc) is 2.33. The van der Waals surface area contributed by atoms with E-state index in [4.69, 9.17) is 10.5 Å². The SMILES string of the molecule is CC(C)(N)CCNCc1ccc2c(c1)NC(=O)CO2. The van der Waals surface area contributed by atoms with E-state index >= 15 is 0 Å². The molecule has 1 amide bonds. The van der Waals surface area contributed by atoms with Crippen molar-refractivity contribution in [1.29, 1.82) is 0 Å². The van der Waals surface area contributed by atoms with Gasteiger partial charge in [-0.05, 0) is 44.5 Å².